The van der Waals surface area contributed by atoms with Crippen molar-refractivity contribution in [2.45, 2.75) is 11.8 Å². The number of para-hydroxylation sites is 1. The zero-order valence-corrected chi connectivity index (χ0v) is 15.2. The van der Waals surface area contributed by atoms with Gasteiger partial charge in [0, 0.05) is 16.5 Å². The van der Waals surface area contributed by atoms with Gasteiger partial charge in [-0.05, 0) is 30.7 Å². The highest BCUT2D eigenvalue weighted by molar-refractivity contribution is 8.00. The molecule has 1 heterocycles. The van der Waals surface area contributed by atoms with Crippen molar-refractivity contribution in [2.24, 2.45) is 0 Å². The van der Waals surface area contributed by atoms with E-state index in [0.717, 1.165) is 21.4 Å². The molecule has 0 spiro atoms. The number of thioether (sulfide) groups is 1. The molecule has 3 nitrogen and oxygen atoms in total. The molecule has 0 bridgehead atoms. The number of carbonyl (C=O) groups excluding carboxylic acids is 1. The van der Waals surface area contributed by atoms with Crippen LogP contribution in [0.15, 0.2) is 53.6 Å². The first-order valence-electron chi connectivity index (χ1n) is 7.27. The second-order valence-electron chi connectivity index (χ2n) is 5.22. The Hall–Kier alpha value is -1.75. The maximum Gasteiger partial charge on any atom is 0.234 e. The molecule has 0 aliphatic carbocycles. The van der Waals surface area contributed by atoms with E-state index < -0.39 is 0 Å². The van der Waals surface area contributed by atoms with Crippen molar-refractivity contribution in [3.8, 4) is 0 Å². The number of anilines is 1. The Labute approximate surface area is 154 Å². The van der Waals surface area contributed by atoms with Crippen LogP contribution in [-0.2, 0) is 4.79 Å². The van der Waals surface area contributed by atoms with Crippen molar-refractivity contribution in [3.63, 3.8) is 0 Å². The van der Waals surface area contributed by atoms with Crippen molar-refractivity contribution in [3.05, 3.63) is 64.3 Å². The fourth-order valence-corrected chi connectivity index (χ4v) is 3.59. The normalized spacial score (nSPS) is 10.8. The lowest BCUT2D eigenvalue weighted by Gasteiger charge is -2.11. The van der Waals surface area contributed by atoms with Crippen LogP contribution in [-0.4, -0.2) is 16.6 Å². The summed E-state index contributed by atoms with van der Waals surface area (Å²) in [5.41, 5.74) is 2.21. The smallest absolute Gasteiger partial charge is 0.234 e. The Balaban J connectivity index is 1.73. The van der Waals surface area contributed by atoms with Crippen molar-refractivity contribution in [1.29, 1.82) is 0 Å². The molecule has 1 N–H and O–H groups in total. The highest BCUT2D eigenvalue weighted by Crippen LogP contribution is 2.33. The summed E-state index contributed by atoms with van der Waals surface area (Å²) < 4.78 is 0. The summed E-state index contributed by atoms with van der Waals surface area (Å²) in [6.45, 7) is 1.87. The van der Waals surface area contributed by atoms with Crippen molar-refractivity contribution >= 4 is 57.5 Å². The van der Waals surface area contributed by atoms with Crippen LogP contribution in [0.1, 0.15) is 5.56 Å². The van der Waals surface area contributed by atoms with Gasteiger partial charge in [-0.15, -0.1) is 11.8 Å². The number of nitrogens with one attached hydrogen (secondary N) is 1. The Bertz CT molecular complexity index is 909. The largest absolute Gasteiger partial charge is 0.323 e. The standard InChI is InChI=1S/C18H14Cl2N2OS/c1-11-7-8-13(19)18(16(11)20)22-15(23)10-24-14-6-2-4-12-5-3-9-21-17(12)14/h2-9H,10H2,1H3,(H,22,23). The number of halogens is 2. The SMILES string of the molecule is Cc1ccc(Cl)c(NC(=O)CSc2cccc3cccnc23)c1Cl. The number of pyridine rings is 1. The van der Waals surface area contributed by atoms with Crippen molar-refractivity contribution < 1.29 is 4.79 Å². The molecule has 0 fully saturated rings. The number of nitrogens with zero attached hydrogens (tertiary/aromatic N) is 1. The third kappa shape index (κ3) is 3.66. The molecule has 1 amide bonds. The van der Waals surface area contributed by atoms with E-state index in [-0.39, 0.29) is 11.7 Å². The Morgan fingerprint density at radius 2 is 1.96 bits per heavy atom. The molecule has 0 saturated carbocycles. The number of hydrogen-bond acceptors (Lipinski definition) is 3. The molecule has 0 aliphatic rings. The molecule has 122 valence electrons. The number of hydrogen-bond donors (Lipinski definition) is 1. The van der Waals surface area contributed by atoms with E-state index in [2.05, 4.69) is 10.3 Å². The van der Waals surface area contributed by atoms with E-state index in [4.69, 9.17) is 23.2 Å². The van der Waals surface area contributed by atoms with Crippen LogP contribution in [0.3, 0.4) is 0 Å². The summed E-state index contributed by atoms with van der Waals surface area (Å²) >= 11 is 13.8. The highest BCUT2D eigenvalue weighted by Gasteiger charge is 2.13. The maximum atomic E-state index is 12.3. The lowest BCUT2D eigenvalue weighted by Crippen LogP contribution is -2.15. The first kappa shape index (κ1) is 17.1. The molecule has 0 atom stereocenters. The predicted molar refractivity (Wildman–Crippen MR) is 102 cm³/mol. The zero-order chi connectivity index (χ0) is 17.1. The molecule has 0 aliphatic heterocycles. The molecule has 3 aromatic rings. The van der Waals surface area contributed by atoms with E-state index in [1.807, 2.05) is 43.3 Å². The van der Waals surface area contributed by atoms with Gasteiger partial charge >= 0.3 is 0 Å². The minimum absolute atomic E-state index is 0.165. The lowest BCUT2D eigenvalue weighted by atomic mass is 10.2. The second-order valence-corrected chi connectivity index (χ2v) is 7.02. The quantitative estimate of drug-likeness (QED) is 0.604. The third-order valence-electron chi connectivity index (χ3n) is 3.50. The maximum absolute atomic E-state index is 12.3. The lowest BCUT2D eigenvalue weighted by molar-refractivity contribution is -0.113. The van der Waals surface area contributed by atoms with Gasteiger partial charge in [0.2, 0.25) is 5.91 Å². The Kier molecular flexibility index (Phi) is 5.29. The first-order valence-corrected chi connectivity index (χ1v) is 9.01. The summed E-state index contributed by atoms with van der Waals surface area (Å²) in [6.07, 6.45) is 1.75. The average Bonchev–Trinajstić information content (AvgIpc) is 2.60. The van der Waals surface area contributed by atoms with E-state index in [1.54, 1.807) is 12.3 Å². The van der Waals surface area contributed by atoms with E-state index in [1.165, 1.54) is 11.8 Å². The number of aryl methyl sites for hydroxylation is 1. The zero-order valence-electron chi connectivity index (χ0n) is 12.8. The molecule has 2 aromatic carbocycles. The summed E-state index contributed by atoms with van der Waals surface area (Å²) in [5, 5.41) is 4.73. The van der Waals surface area contributed by atoms with Crippen LogP contribution < -0.4 is 5.32 Å². The molecule has 0 saturated heterocycles. The van der Waals surface area contributed by atoms with Crippen LogP contribution in [0, 0.1) is 6.92 Å². The molecule has 1 aromatic heterocycles. The summed E-state index contributed by atoms with van der Waals surface area (Å²) in [6, 6.07) is 13.3. The van der Waals surface area contributed by atoms with Crippen LogP contribution in [0.4, 0.5) is 5.69 Å². The van der Waals surface area contributed by atoms with Crippen LogP contribution in [0.25, 0.3) is 10.9 Å². The van der Waals surface area contributed by atoms with Gasteiger partial charge in [-0.25, -0.2) is 0 Å². The van der Waals surface area contributed by atoms with Gasteiger partial charge in [-0.1, -0.05) is 47.5 Å². The number of benzene rings is 2. The fourth-order valence-electron chi connectivity index (χ4n) is 2.28. The topological polar surface area (TPSA) is 42.0 Å². The summed E-state index contributed by atoms with van der Waals surface area (Å²) in [4.78, 5) is 17.6. The molecule has 6 heteroatoms. The second kappa shape index (κ2) is 7.43. The third-order valence-corrected chi connectivity index (χ3v) is 5.35. The van der Waals surface area contributed by atoms with Gasteiger partial charge in [-0.3, -0.25) is 9.78 Å². The predicted octanol–water partition coefficient (Wildman–Crippen LogP) is 5.58. The molecule has 0 unspecified atom stereocenters. The van der Waals surface area contributed by atoms with Gasteiger partial charge in [0.1, 0.15) is 0 Å². The first-order chi connectivity index (χ1) is 11.6. The Morgan fingerprint density at radius 1 is 1.17 bits per heavy atom. The van der Waals surface area contributed by atoms with Crippen molar-refractivity contribution in [2.75, 3.05) is 11.1 Å². The minimum atomic E-state index is -0.165. The van der Waals surface area contributed by atoms with Crippen LogP contribution >= 0.6 is 35.0 Å². The van der Waals surface area contributed by atoms with Gasteiger partial charge in [0.05, 0.1) is 27.0 Å². The van der Waals surface area contributed by atoms with Gasteiger partial charge in [0.15, 0.2) is 0 Å². The molecular weight excluding hydrogens is 363 g/mol. The summed E-state index contributed by atoms with van der Waals surface area (Å²) in [7, 11) is 0. The van der Waals surface area contributed by atoms with Crippen LogP contribution in [0.2, 0.25) is 10.0 Å². The number of aromatic nitrogens is 1. The van der Waals surface area contributed by atoms with Crippen LogP contribution in [0.5, 0.6) is 0 Å². The number of fused-ring (bicyclic) bond motifs is 1. The molecule has 3 rings (SSSR count). The number of carbonyl (C=O) groups is 1. The molecule has 0 radical (unpaired) electrons. The number of rotatable bonds is 4. The van der Waals surface area contributed by atoms with E-state index in [9.17, 15) is 4.79 Å². The molecule has 24 heavy (non-hydrogen) atoms. The summed E-state index contributed by atoms with van der Waals surface area (Å²) in [5.74, 6) is 0.0818. The average molecular weight is 377 g/mol. The Morgan fingerprint density at radius 3 is 2.79 bits per heavy atom. The van der Waals surface area contributed by atoms with Gasteiger partial charge in [-0.2, -0.15) is 0 Å². The highest BCUT2D eigenvalue weighted by atomic mass is 35.5. The monoisotopic (exact) mass is 376 g/mol. The van der Waals surface area contributed by atoms with E-state index in [0.29, 0.717) is 15.7 Å². The number of amides is 1. The fraction of sp³-hybridized carbons (Fsp3) is 0.111. The van der Waals surface area contributed by atoms with E-state index >= 15 is 0 Å². The van der Waals surface area contributed by atoms with Gasteiger partial charge in [0.25, 0.3) is 0 Å². The van der Waals surface area contributed by atoms with Crippen molar-refractivity contribution in [1.82, 2.24) is 4.98 Å². The molecular formula is C18H14Cl2N2OS. The minimum Gasteiger partial charge on any atom is -0.323 e. The van der Waals surface area contributed by atoms with Gasteiger partial charge < -0.3 is 5.32 Å².